The summed E-state index contributed by atoms with van der Waals surface area (Å²) in [5, 5.41) is 15.9. The van der Waals surface area contributed by atoms with Gasteiger partial charge in [0.2, 0.25) is 0 Å². The molecule has 1 aromatic rings. The highest BCUT2D eigenvalue weighted by molar-refractivity contribution is 5.84. The Morgan fingerprint density at radius 3 is 2.83 bits per heavy atom. The van der Waals surface area contributed by atoms with Gasteiger partial charge in [-0.05, 0) is 6.42 Å². The van der Waals surface area contributed by atoms with Gasteiger partial charge in [0.1, 0.15) is 0 Å². The first kappa shape index (κ1) is 12.3. The van der Waals surface area contributed by atoms with E-state index in [1.807, 2.05) is 6.92 Å². The van der Waals surface area contributed by atoms with E-state index in [1.165, 1.54) is 10.9 Å². The van der Waals surface area contributed by atoms with Crippen molar-refractivity contribution in [3.8, 4) is 0 Å². The van der Waals surface area contributed by atoms with E-state index in [4.69, 9.17) is 9.84 Å². The molecule has 0 bridgehead atoms. The van der Waals surface area contributed by atoms with Crippen molar-refractivity contribution in [3.05, 3.63) is 11.9 Å². The zero-order chi connectivity index (χ0) is 13.1. The molecule has 0 aliphatic carbocycles. The second kappa shape index (κ2) is 5.03. The topological polar surface area (TPSA) is 97.5 Å². The van der Waals surface area contributed by atoms with E-state index in [1.54, 1.807) is 4.90 Å². The summed E-state index contributed by atoms with van der Waals surface area (Å²) in [6.45, 7) is 3.26. The summed E-state index contributed by atoms with van der Waals surface area (Å²) in [6.07, 6.45) is 1.81. The van der Waals surface area contributed by atoms with Crippen LogP contribution in [0.15, 0.2) is 6.20 Å². The van der Waals surface area contributed by atoms with E-state index in [0.29, 0.717) is 19.7 Å². The third-order valence-corrected chi connectivity index (χ3v) is 2.65. The highest BCUT2D eigenvalue weighted by Gasteiger charge is 2.34. The van der Waals surface area contributed by atoms with Gasteiger partial charge in [-0.2, -0.15) is 0 Å². The zero-order valence-corrected chi connectivity index (χ0v) is 9.94. The van der Waals surface area contributed by atoms with Crippen molar-refractivity contribution in [3.63, 3.8) is 0 Å². The number of amides is 1. The summed E-state index contributed by atoms with van der Waals surface area (Å²) in [6, 6.07) is -0.0280. The monoisotopic (exact) mass is 254 g/mol. The Kier molecular flexibility index (Phi) is 3.45. The van der Waals surface area contributed by atoms with Crippen molar-refractivity contribution in [1.82, 2.24) is 19.9 Å². The summed E-state index contributed by atoms with van der Waals surface area (Å²) in [7, 11) is 0. The molecular weight excluding hydrogens is 240 g/mol. The van der Waals surface area contributed by atoms with E-state index < -0.39 is 5.97 Å². The van der Waals surface area contributed by atoms with E-state index in [-0.39, 0.29) is 17.8 Å². The Bertz CT molecular complexity index is 452. The smallest absolute Gasteiger partial charge is 0.409 e. The van der Waals surface area contributed by atoms with E-state index in [9.17, 15) is 9.59 Å². The lowest BCUT2D eigenvalue weighted by atomic mass is 10.1. The van der Waals surface area contributed by atoms with Gasteiger partial charge in [-0.15, -0.1) is 5.10 Å². The van der Waals surface area contributed by atoms with Crippen LogP contribution < -0.4 is 0 Å². The molecule has 0 saturated carbocycles. The lowest BCUT2D eigenvalue weighted by molar-refractivity contribution is 0.0534. The van der Waals surface area contributed by atoms with E-state index in [2.05, 4.69) is 10.3 Å². The first-order valence-electron chi connectivity index (χ1n) is 5.68. The van der Waals surface area contributed by atoms with Crippen LogP contribution in [0.5, 0.6) is 0 Å². The van der Waals surface area contributed by atoms with Crippen LogP contribution in [0.1, 0.15) is 29.9 Å². The lowest BCUT2D eigenvalue weighted by Gasteiger charge is -2.37. The van der Waals surface area contributed by atoms with Crippen LogP contribution in [0.2, 0.25) is 0 Å². The number of ether oxygens (including phenoxy) is 1. The maximum Gasteiger partial charge on any atom is 0.409 e. The zero-order valence-electron chi connectivity index (χ0n) is 9.94. The number of aromatic carboxylic acids is 1. The Morgan fingerprint density at radius 2 is 2.28 bits per heavy atom. The second-order valence-electron chi connectivity index (χ2n) is 4.06. The quantitative estimate of drug-likeness (QED) is 0.834. The standard InChI is InChI=1S/C10H14N4O4/c1-2-3-18-10(17)13-4-7(5-13)14-6-8(9(15)16)11-12-14/h6-7H,2-5H2,1H3,(H,15,16). The third-order valence-electron chi connectivity index (χ3n) is 2.65. The first-order chi connectivity index (χ1) is 8.61. The molecule has 8 nitrogen and oxygen atoms in total. The molecule has 0 atom stereocenters. The molecule has 1 aliphatic heterocycles. The van der Waals surface area contributed by atoms with Crippen molar-refractivity contribution < 1.29 is 19.4 Å². The molecule has 2 rings (SSSR count). The number of carboxylic acids is 1. The van der Waals surface area contributed by atoms with Gasteiger partial charge in [-0.1, -0.05) is 12.1 Å². The average molecular weight is 254 g/mol. The average Bonchev–Trinajstić information content (AvgIpc) is 2.73. The van der Waals surface area contributed by atoms with Crippen LogP contribution in [0.3, 0.4) is 0 Å². The Hall–Kier alpha value is -2.12. The molecule has 1 amide bonds. The maximum atomic E-state index is 11.4. The number of carbonyl (C=O) groups excluding carboxylic acids is 1. The molecule has 0 radical (unpaired) electrons. The fourth-order valence-corrected chi connectivity index (χ4v) is 1.61. The van der Waals surface area contributed by atoms with Crippen LogP contribution in [0.25, 0.3) is 0 Å². The number of aromatic nitrogens is 3. The Balaban J connectivity index is 1.84. The minimum absolute atomic E-state index is 0.0280. The molecule has 0 spiro atoms. The highest BCUT2D eigenvalue weighted by atomic mass is 16.6. The predicted molar refractivity (Wildman–Crippen MR) is 59.2 cm³/mol. The number of rotatable bonds is 4. The third kappa shape index (κ3) is 2.41. The van der Waals surface area contributed by atoms with Crippen molar-refractivity contribution >= 4 is 12.1 Å². The number of nitrogens with zero attached hydrogens (tertiary/aromatic N) is 4. The van der Waals surface area contributed by atoms with Gasteiger partial charge < -0.3 is 14.7 Å². The summed E-state index contributed by atoms with van der Waals surface area (Å²) >= 11 is 0. The van der Waals surface area contributed by atoms with Gasteiger partial charge >= 0.3 is 12.1 Å². The summed E-state index contributed by atoms with van der Waals surface area (Å²) in [4.78, 5) is 23.6. The molecule has 1 aromatic heterocycles. The van der Waals surface area contributed by atoms with Crippen LogP contribution in [0, 0.1) is 0 Å². The minimum atomic E-state index is -1.11. The summed E-state index contributed by atoms with van der Waals surface area (Å²) in [5.41, 5.74) is -0.0954. The largest absolute Gasteiger partial charge is 0.476 e. The second-order valence-corrected chi connectivity index (χ2v) is 4.06. The fourth-order valence-electron chi connectivity index (χ4n) is 1.61. The molecule has 2 heterocycles. The van der Waals surface area contributed by atoms with E-state index >= 15 is 0 Å². The predicted octanol–water partition coefficient (Wildman–Crippen LogP) is 0.380. The van der Waals surface area contributed by atoms with Crippen LogP contribution in [0.4, 0.5) is 4.79 Å². The van der Waals surface area contributed by atoms with Crippen molar-refractivity contribution in [2.45, 2.75) is 19.4 Å². The lowest BCUT2D eigenvalue weighted by Crippen LogP contribution is -2.51. The van der Waals surface area contributed by atoms with Crippen molar-refractivity contribution in [2.75, 3.05) is 19.7 Å². The molecule has 0 unspecified atom stereocenters. The molecule has 1 aliphatic rings. The first-order valence-corrected chi connectivity index (χ1v) is 5.68. The molecule has 8 heteroatoms. The molecule has 0 aromatic carbocycles. The normalized spacial score (nSPS) is 15.3. The maximum absolute atomic E-state index is 11.4. The molecule has 1 fully saturated rings. The number of hydrogen-bond acceptors (Lipinski definition) is 5. The summed E-state index contributed by atoms with van der Waals surface area (Å²) in [5.74, 6) is -1.11. The van der Waals surface area contributed by atoms with Crippen molar-refractivity contribution in [1.29, 1.82) is 0 Å². The highest BCUT2D eigenvalue weighted by Crippen LogP contribution is 2.21. The van der Waals surface area contributed by atoms with E-state index in [0.717, 1.165) is 6.42 Å². The molecule has 98 valence electrons. The fraction of sp³-hybridized carbons (Fsp3) is 0.600. The number of hydrogen-bond donors (Lipinski definition) is 1. The van der Waals surface area contributed by atoms with Gasteiger partial charge in [0.05, 0.1) is 18.8 Å². The van der Waals surface area contributed by atoms with Gasteiger partial charge in [0, 0.05) is 13.1 Å². The Morgan fingerprint density at radius 1 is 1.56 bits per heavy atom. The van der Waals surface area contributed by atoms with Gasteiger partial charge in [-0.25, -0.2) is 14.3 Å². The van der Waals surface area contributed by atoms with Crippen LogP contribution in [-0.2, 0) is 4.74 Å². The van der Waals surface area contributed by atoms with Gasteiger partial charge in [0.25, 0.3) is 0 Å². The number of likely N-dealkylation sites (tertiary alicyclic amines) is 1. The van der Waals surface area contributed by atoms with Gasteiger partial charge in [-0.3, -0.25) is 0 Å². The SMILES string of the molecule is CCCOC(=O)N1CC(n2cc(C(=O)O)nn2)C1. The number of carboxylic acid groups (broad SMARTS) is 1. The minimum Gasteiger partial charge on any atom is -0.476 e. The Labute approximate surface area is 103 Å². The van der Waals surface area contributed by atoms with Crippen LogP contribution in [-0.4, -0.2) is 56.8 Å². The molecule has 1 saturated heterocycles. The molecule has 1 N–H and O–H groups in total. The summed E-state index contributed by atoms with van der Waals surface area (Å²) < 4.78 is 6.44. The molecular formula is C10H14N4O4. The van der Waals surface area contributed by atoms with Crippen molar-refractivity contribution in [2.24, 2.45) is 0 Å². The number of carbonyl (C=O) groups is 2. The molecule has 18 heavy (non-hydrogen) atoms. The van der Waals surface area contributed by atoms with Gasteiger partial charge in [0.15, 0.2) is 5.69 Å². The van der Waals surface area contributed by atoms with Crippen LogP contribution >= 0.6 is 0 Å².